The van der Waals surface area contributed by atoms with E-state index in [-0.39, 0.29) is 70.4 Å². The largest absolute Gasteiger partial charge is 0.481 e. The van der Waals surface area contributed by atoms with Crippen molar-refractivity contribution in [1.82, 2.24) is 20.2 Å². The summed E-state index contributed by atoms with van der Waals surface area (Å²) in [5.41, 5.74) is -0.192. The van der Waals surface area contributed by atoms with Gasteiger partial charge in [0.25, 0.3) is 0 Å². The number of aliphatic carboxylic acids is 1. The highest BCUT2D eigenvalue weighted by Gasteiger charge is 2.71. The molecule has 5 aliphatic rings. The van der Waals surface area contributed by atoms with Crippen LogP contribution >= 0.6 is 0 Å². The molecule has 270 valence electrons. The van der Waals surface area contributed by atoms with Gasteiger partial charge in [-0.05, 0) is 127 Å². The lowest BCUT2D eigenvalue weighted by Gasteiger charge is -2.72. The fourth-order valence-electron chi connectivity index (χ4n) is 12.5. The molecule has 1 N–H and O–H groups in total. The van der Waals surface area contributed by atoms with Gasteiger partial charge < -0.3 is 9.84 Å². The number of carboxylic acid groups (broad SMARTS) is 1. The number of esters is 1. The molecule has 0 bridgehead atoms. The average Bonchev–Trinajstić information content (AvgIpc) is 3.54. The number of carbonyl (C=O) groups excluding carboxylic acids is 3. The number of carboxylic acids is 1. The van der Waals surface area contributed by atoms with Gasteiger partial charge in [-0.25, -0.2) is 4.68 Å². The van der Waals surface area contributed by atoms with Crippen LogP contribution in [0.5, 0.6) is 0 Å². The third kappa shape index (κ3) is 5.10. The first-order valence-electron chi connectivity index (χ1n) is 18.6. The van der Waals surface area contributed by atoms with Gasteiger partial charge in [0.05, 0.1) is 23.7 Å². The molecule has 0 amide bonds. The summed E-state index contributed by atoms with van der Waals surface area (Å²) in [6.07, 6.45) is 7.36. The van der Waals surface area contributed by atoms with E-state index in [1.54, 1.807) is 25.6 Å². The van der Waals surface area contributed by atoms with Crippen molar-refractivity contribution in [3.8, 4) is 0 Å². The predicted octanol–water partition coefficient (Wildman–Crippen LogP) is 6.72. The molecule has 49 heavy (non-hydrogen) atoms. The second-order valence-corrected chi connectivity index (χ2v) is 18.8. The summed E-state index contributed by atoms with van der Waals surface area (Å²) in [6, 6.07) is 0. The number of aryl methyl sites for hydroxylation is 1. The number of hydrogen-bond donors (Lipinski definition) is 1. The van der Waals surface area contributed by atoms with Crippen LogP contribution in [-0.2, 0) is 37.4 Å². The zero-order valence-electron chi connectivity index (χ0n) is 31.4. The van der Waals surface area contributed by atoms with Crippen LogP contribution in [0.4, 0.5) is 0 Å². The van der Waals surface area contributed by atoms with Crippen LogP contribution in [0, 0.1) is 56.2 Å². The van der Waals surface area contributed by atoms with E-state index in [0.29, 0.717) is 24.1 Å². The Morgan fingerprint density at radius 1 is 0.959 bits per heavy atom. The summed E-state index contributed by atoms with van der Waals surface area (Å²) in [5, 5.41) is 21.4. The second kappa shape index (κ2) is 11.6. The van der Waals surface area contributed by atoms with E-state index in [2.05, 4.69) is 64.0 Å². The van der Waals surface area contributed by atoms with E-state index in [4.69, 9.17) is 4.74 Å². The number of Topliss-reactive ketones (excluding diaryl/α,β-unsaturated/α-hetero) is 2. The predicted molar refractivity (Wildman–Crippen MR) is 183 cm³/mol. The molecule has 1 aromatic heterocycles. The first-order chi connectivity index (χ1) is 22.7. The van der Waals surface area contributed by atoms with Crippen molar-refractivity contribution < 1.29 is 29.0 Å². The van der Waals surface area contributed by atoms with Crippen LogP contribution in [-0.4, -0.2) is 54.9 Å². The van der Waals surface area contributed by atoms with Crippen molar-refractivity contribution in [1.29, 1.82) is 0 Å². The summed E-state index contributed by atoms with van der Waals surface area (Å²) >= 11 is 0. The minimum Gasteiger partial charge on any atom is -0.481 e. The van der Waals surface area contributed by atoms with Gasteiger partial charge in [0.1, 0.15) is 6.10 Å². The van der Waals surface area contributed by atoms with Crippen LogP contribution in [0.1, 0.15) is 132 Å². The standard InChI is InChI=1S/C39H58N4O6/c1-22(2)31-24(44)20-39(27(45)19-29-40-41-42-43(29)10)18-17-37(8)23(32(31)39)11-12-26-36(7)15-14-28(49-30(46)21-34(3,4)33(47)48)35(5,6)25(36)13-16-38(26,37)9/h22-23,25-26,28H,11-21H2,1-10H3,(H,47,48)/t23-,25+,26-,28+,36+,37-,38-,39+/m1/s1. The molecule has 4 saturated carbocycles. The van der Waals surface area contributed by atoms with Gasteiger partial charge in [-0.3, -0.25) is 19.2 Å². The summed E-state index contributed by atoms with van der Waals surface area (Å²) in [4.78, 5) is 53.1. The molecule has 0 aliphatic heterocycles. The maximum absolute atomic E-state index is 14.4. The molecule has 8 atom stereocenters. The molecule has 0 unspecified atom stereocenters. The van der Waals surface area contributed by atoms with Gasteiger partial charge in [0, 0.05) is 18.9 Å². The lowest BCUT2D eigenvalue weighted by atomic mass is 9.33. The van der Waals surface area contributed by atoms with Gasteiger partial charge >= 0.3 is 11.9 Å². The van der Waals surface area contributed by atoms with Gasteiger partial charge in [0.15, 0.2) is 17.4 Å². The van der Waals surface area contributed by atoms with Gasteiger partial charge in [-0.2, -0.15) is 0 Å². The number of ketones is 2. The van der Waals surface area contributed by atoms with Gasteiger partial charge in [0.2, 0.25) is 0 Å². The third-order valence-corrected chi connectivity index (χ3v) is 15.4. The molecule has 1 aromatic rings. The Kier molecular flexibility index (Phi) is 8.47. The Bertz CT molecular complexity index is 1610. The van der Waals surface area contributed by atoms with Crippen LogP contribution in [0.25, 0.3) is 0 Å². The van der Waals surface area contributed by atoms with Crippen molar-refractivity contribution in [2.24, 2.45) is 63.2 Å². The van der Waals surface area contributed by atoms with Crippen LogP contribution in [0.3, 0.4) is 0 Å². The molecule has 6 rings (SSSR count). The molecule has 4 fully saturated rings. The lowest BCUT2D eigenvalue weighted by molar-refractivity contribution is -0.233. The van der Waals surface area contributed by atoms with E-state index >= 15 is 0 Å². The van der Waals surface area contributed by atoms with Gasteiger partial charge in [-0.15, -0.1) is 5.10 Å². The second-order valence-electron chi connectivity index (χ2n) is 18.8. The Morgan fingerprint density at radius 3 is 2.27 bits per heavy atom. The molecule has 1 heterocycles. The Balaban J connectivity index is 1.31. The lowest BCUT2D eigenvalue weighted by Crippen LogP contribution is -2.66. The van der Waals surface area contributed by atoms with Crippen molar-refractivity contribution >= 4 is 23.5 Å². The monoisotopic (exact) mass is 678 g/mol. The minimum absolute atomic E-state index is 0.00964. The number of hydrogen-bond acceptors (Lipinski definition) is 8. The molecule has 0 radical (unpaired) electrons. The minimum atomic E-state index is -1.17. The van der Waals surface area contributed by atoms with Crippen molar-refractivity contribution in [3.05, 3.63) is 17.0 Å². The normalized spacial score (nSPS) is 38.4. The molecule has 5 aliphatic carbocycles. The SMILES string of the molecule is CC(C)C1=C2[C@H]3CC[C@@H]4[C@@]5(C)CC[C@H](OC(=O)CC(C)(C)C(=O)O)C(C)(C)[C@@H]5CC[C@@]4(C)[C@]3(C)CC[C@@]2(C(=O)Cc2nnnn2C)CC1=O. The maximum atomic E-state index is 14.4. The highest BCUT2D eigenvalue weighted by Crippen LogP contribution is 2.76. The van der Waals surface area contributed by atoms with E-state index in [1.807, 2.05) is 0 Å². The Morgan fingerprint density at radius 2 is 1.65 bits per heavy atom. The number of tetrazole rings is 1. The summed E-state index contributed by atoms with van der Waals surface area (Å²) in [5.74, 6) is 0.341. The third-order valence-electron chi connectivity index (χ3n) is 15.4. The Labute approximate surface area is 291 Å². The number of allylic oxidation sites excluding steroid dienone is 2. The number of aromatic nitrogens is 4. The molecular formula is C39H58N4O6. The summed E-state index contributed by atoms with van der Waals surface area (Å²) in [6.45, 7) is 19.3. The zero-order valence-corrected chi connectivity index (χ0v) is 31.4. The first kappa shape index (κ1) is 35.9. The van der Waals surface area contributed by atoms with Crippen molar-refractivity contribution in [2.75, 3.05) is 0 Å². The number of fused-ring (bicyclic) bond motifs is 7. The molecule has 0 spiro atoms. The fourth-order valence-corrected chi connectivity index (χ4v) is 12.5. The molecule has 0 aromatic carbocycles. The number of nitrogens with zero attached hydrogens (tertiary/aromatic N) is 4. The fraction of sp³-hybridized carbons (Fsp3) is 0.821. The van der Waals surface area contributed by atoms with E-state index in [1.165, 1.54) is 0 Å². The molecule has 0 saturated heterocycles. The van der Waals surface area contributed by atoms with Gasteiger partial charge in [-0.1, -0.05) is 48.5 Å². The van der Waals surface area contributed by atoms with Crippen molar-refractivity contribution in [2.45, 2.75) is 139 Å². The number of rotatable bonds is 8. The smallest absolute Gasteiger partial charge is 0.309 e. The highest BCUT2D eigenvalue weighted by atomic mass is 16.5. The average molecular weight is 679 g/mol. The quantitative estimate of drug-likeness (QED) is 0.297. The molecule has 10 heteroatoms. The maximum Gasteiger partial charge on any atom is 0.309 e. The van der Waals surface area contributed by atoms with E-state index in [9.17, 15) is 24.3 Å². The number of ether oxygens (including phenoxy) is 1. The zero-order chi connectivity index (χ0) is 36.1. The van der Waals surface area contributed by atoms with E-state index in [0.717, 1.165) is 56.1 Å². The van der Waals surface area contributed by atoms with Crippen molar-refractivity contribution in [3.63, 3.8) is 0 Å². The first-order valence-corrected chi connectivity index (χ1v) is 18.6. The van der Waals surface area contributed by atoms with E-state index < -0.39 is 22.8 Å². The summed E-state index contributed by atoms with van der Waals surface area (Å²) < 4.78 is 7.70. The number of carbonyl (C=O) groups is 4. The van der Waals surface area contributed by atoms with Crippen LogP contribution in [0.15, 0.2) is 11.1 Å². The topological polar surface area (TPSA) is 141 Å². The highest BCUT2D eigenvalue weighted by molar-refractivity contribution is 6.07. The summed E-state index contributed by atoms with van der Waals surface area (Å²) in [7, 11) is 1.76. The van der Waals surface area contributed by atoms with Crippen LogP contribution in [0.2, 0.25) is 0 Å². The molecular weight excluding hydrogens is 620 g/mol. The van der Waals surface area contributed by atoms with Crippen LogP contribution < -0.4 is 0 Å². The Hall–Kier alpha value is -2.91. The molecule has 10 nitrogen and oxygen atoms in total.